The molecular formula is C39H42N4O2. The van der Waals surface area contributed by atoms with E-state index in [9.17, 15) is 0 Å². The van der Waals surface area contributed by atoms with Crippen LogP contribution in [0.3, 0.4) is 0 Å². The molecule has 0 amide bonds. The molecule has 2 heterocycles. The molecule has 3 aromatic carbocycles. The lowest BCUT2D eigenvalue weighted by Crippen LogP contribution is -2.29. The molecule has 1 aliphatic carbocycles. The number of methoxy groups -OCH3 is 1. The number of nitrogens with one attached hydrogen (secondary N) is 1. The summed E-state index contributed by atoms with van der Waals surface area (Å²) in [7, 11) is 1.70. The maximum Gasteiger partial charge on any atom is 0.161 e. The average Bonchev–Trinajstić information content (AvgIpc) is 3.32. The van der Waals surface area contributed by atoms with Gasteiger partial charge in [0.1, 0.15) is 6.61 Å². The maximum absolute atomic E-state index is 6.28. The first-order valence-corrected chi connectivity index (χ1v) is 15.9. The van der Waals surface area contributed by atoms with Gasteiger partial charge in [0.25, 0.3) is 0 Å². The Bertz CT molecular complexity index is 1630. The van der Waals surface area contributed by atoms with Gasteiger partial charge in [-0.1, -0.05) is 79.2 Å². The van der Waals surface area contributed by atoms with Gasteiger partial charge in [0.2, 0.25) is 0 Å². The maximum atomic E-state index is 6.28. The second-order valence-corrected chi connectivity index (χ2v) is 11.7. The first-order valence-electron chi connectivity index (χ1n) is 15.9. The van der Waals surface area contributed by atoms with Crippen LogP contribution >= 0.6 is 0 Å². The van der Waals surface area contributed by atoms with Crippen molar-refractivity contribution in [3.05, 3.63) is 155 Å². The molecular weight excluding hydrogens is 556 g/mol. The summed E-state index contributed by atoms with van der Waals surface area (Å²) in [4.78, 5) is 11.9. The molecule has 1 aliphatic rings. The van der Waals surface area contributed by atoms with E-state index in [1.54, 1.807) is 7.11 Å². The van der Waals surface area contributed by atoms with Crippen LogP contribution in [-0.2, 0) is 39.2 Å². The Morgan fingerprint density at radius 2 is 1.49 bits per heavy atom. The standard InChI is InChI=1S/C39H42N4O2/c1-44-37-21-20-33(24-38(37)45-29-32-10-3-2-4-11-32)28-43(36-15-6-5-12-34-13-9-23-42-39(34)36)27-31-18-16-30(17-19-31)25-40-26-35-14-7-8-22-41-35/h2-4,7-11,13-14,16-24,36,40H,5-6,12,15,25-29H2,1H3. The number of hydrogen-bond donors (Lipinski definition) is 1. The molecule has 2 aromatic heterocycles. The fourth-order valence-electron chi connectivity index (χ4n) is 6.12. The number of benzene rings is 3. The summed E-state index contributed by atoms with van der Waals surface area (Å²) in [6.07, 6.45) is 8.35. The minimum Gasteiger partial charge on any atom is -0.493 e. The van der Waals surface area contributed by atoms with Gasteiger partial charge in [-0.3, -0.25) is 14.9 Å². The molecule has 0 radical (unpaired) electrons. The summed E-state index contributed by atoms with van der Waals surface area (Å²) in [5.74, 6) is 1.51. The van der Waals surface area contributed by atoms with E-state index in [0.29, 0.717) is 6.61 Å². The number of pyridine rings is 2. The Morgan fingerprint density at radius 3 is 2.31 bits per heavy atom. The Kier molecular flexibility index (Phi) is 10.5. The van der Waals surface area contributed by atoms with Crippen molar-refractivity contribution >= 4 is 0 Å². The van der Waals surface area contributed by atoms with Crippen LogP contribution in [0.4, 0.5) is 0 Å². The zero-order valence-electron chi connectivity index (χ0n) is 26.1. The molecule has 45 heavy (non-hydrogen) atoms. The second kappa shape index (κ2) is 15.5. The van der Waals surface area contributed by atoms with Crippen molar-refractivity contribution in [2.45, 2.75) is 64.5 Å². The number of aryl methyl sites for hydroxylation is 1. The van der Waals surface area contributed by atoms with E-state index in [0.717, 1.165) is 61.8 Å². The number of ether oxygens (including phenoxy) is 2. The van der Waals surface area contributed by atoms with Crippen LogP contribution in [0.5, 0.6) is 11.5 Å². The number of fused-ring (bicyclic) bond motifs is 1. The van der Waals surface area contributed by atoms with Gasteiger partial charge in [-0.25, -0.2) is 0 Å². The molecule has 0 aliphatic heterocycles. The number of aromatic nitrogens is 2. The third-order valence-corrected chi connectivity index (χ3v) is 8.48. The predicted molar refractivity (Wildman–Crippen MR) is 179 cm³/mol. The zero-order chi connectivity index (χ0) is 30.7. The summed E-state index contributed by atoms with van der Waals surface area (Å²) < 4.78 is 12.0. The first kappa shape index (κ1) is 30.5. The van der Waals surface area contributed by atoms with Gasteiger partial charge in [-0.15, -0.1) is 0 Å². The van der Waals surface area contributed by atoms with Crippen molar-refractivity contribution < 1.29 is 9.47 Å². The quantitative estimate of drug-likeness (QED) is 0.140. The topological polar surface area (TPSA) is 59.5 Å². The van der Waals surface area contributed by atoms with E-state index in [1.165, 1.54) is 40.8 Å². The molecule has 6 rings (SSSR count). The van der Waals surface area contributed by atoms with E-state index in [2.05, 4.69) is 75.9 Å². The molecule has 6 nitrogen and oxygen atoms in total. The molecule has 0 fully saturated rings. The molecule has 0 spiro atoms. The zero-order valence-corrected chi connectivity index (χ0v) is 26.1. The lowest BCUT2D eigenvalue weighted by Gasteiger charge is -2.32. The van der Waals surface area contributed by atoms with Gasteiger partial charge in [0, 0.05) is 38.6 Å². The number of nitrogens with zero attached hydrogens (tertiary/aromatic N) is 3. The Balaban J connectivity index is 1.21. The lowest BCUT2D eigenvalue weighted by molar-refractivity contribution is 0.164. The molecule has 1 atom stereocenters. The fraction of sp³-hybridized carbons (Fsp3) is 0.282. The van der Waals surface area contributed by atoms with E-state index >= 15 is 0 Å². The third-order valence-electron chi connectivity index (χ3n) is 8.48. The SMILES string of the molecule is COc1ccc(CN(Cc2ccc(CNCc3ccccn3)cc2)C2CCCCc3cccnc32)cc1OCc1ccccc1. The van der Waals surface area contributed by atoms with Crippen molar-refractivity contribution in [1.29, 1.82) is 0 Å². The summed E-state index contributed by atoms with van der Waals surface area (Å²) in [6.45, 7) is 3.66. The number of rotatable bonds is 13. The van der Waals surface area contributed by atoms with Crippen molar-refractivity contribution in [3.8, 4) is 11.5 Å². The summed E-state index contributed by atoms with van der Waals surface area (Å²) in [6, 6.07) is 36.2. The minimum absolute atomic E-state index is 0.235. The highest BCUT2D eigenvalue weighted by atomic mass is 16.5. The largest absolute Gasteiger partial charge is 0.493 e. The minimum atomic E-state index is 0.235. The molecule has 0 saturated heterocycles. The smallest absolute Gasteiger partial charge is 0.161 e. The van der Waals surface area contributed by atoms with Crippen LogP contribution in [0.15, 0.2) is 116 Å². The summed E-state index contributed by atoms with van der Waals surface area (Å²) in [5.41, 5.74) is 8.52. The normalized spacial score (nSPS) is 14.5. The molecule has 0 saturated carbocycles. The highest BCUT2D eigenvalue weighted by molar-refractivity contribution is 5.43. The van der Waals surface area contributed by atoms with E-state index in [4.69, 9.17) is 14.5 Å². The number of hydrogen-bond acceptors (Lipinski definition) is 6. The highest BCUT2D eigenvalue weighted by Crippen LogP contribution is 2.35. The van der Waals surface area contributed by atoms with E-state index in [-0.39, 0.29) is 6.04 Å². The Labute approximate surface area is 267 Å². The molecule has 6 heteroatoms. The van der Waals surface area contributed by atoms with Gasteiger partial charge in [0.15, 0.2) is 11.5 Å². The van der Waals surface area contributed by atoms with Gasteiger partial charge in [-0.05, 0) is 77.4 Å². The van der Waals surface area contributed by atoms with Gasteiger partial charge in [0.05, 0.1) is 24.5 Å². The van der Waals surface area contributed by atoms with Gasteiger partial charge in [-0.2, -0.15) is 0 Å². The molecule has 0 bridgehead atoms. The van der Waals surface area contributed by atoms with Crippen LogP contribution < -0.4 is 14.8 Å². The molecule has 230 valence electrons. The Morgan fingerprint density at radius 1 is 0.711 bits per heavy atom. The van der Waals surface area contributed by atoms with E-state index in [1.807, 2.05) is 54.9 Å². The molecule has 5 aromatic rings. The van der Waals surface area contributed by atoms with Crippen molar-refractivity contribution in [3.63, 3.8) is 0 Å². The molecule has 1 N–H and O–H groups in total. The van der Waals surface area contributed by atoms with Crippen LogP contribution in [0.1, 0.15) is 64.5 Å². The van der Waals surface area contributed by atoms with Gasteiger partial charge >= 0.3 is 0 Å². The second-order valence-electron chi connectivity index (χ2n) is 11.7. The summed E-state index contributed by atoms with van der Waals surface area (Å²) >= 11 is 0. The van der Waals surface area contributed by atoms with Crippen LogP contribution in [0.2, 0.25) is 0 Å². The van der Waals surface area contributed by atoms with Crippen LogP contribution in [-0.4, -0.2) is 22.0 Å². The van der Waals surface area contributed by atoms with Crippen molar-refractivity contribution in [2.75, 3.05) is 7.11 Å². The summed E-state index contributed by atoms with van der Waals surface area (Å²) in [5, 5.41) is 3.51. The van der Waals surface area contributed by atoms with Gasteiger partial charge < -0.3 is 14.8 Å². The highest BCUT2D eigenvalue weighted by Gasteiger charge is 2.26. The predicted octanol–water partition coefficient (Wildman–Crippen LogP) is 7.82. The lowest BCUT2D eigenvalue weighted by atomic mass is 10.0. The van der Waals surface area contributed by atoms with Crippen molar-refractivity contribution in [1.82, 2.24) is 20.2 Å². The molecule has 1 unspecified atom stereocenters. The van der Waals surface area contributed by atoms with Crippen LogP contribution in [0.25, 0.3) is 0 Å². The van der Waals surface area contributed by atoms with E-state index < -0.39 is 0 Å². The fourth-order valence-corrected chi connectivity index (χ4v) is 6.12. The first-order chi connectivity index (χ1) is 22.2. The Hall–Kier alpha value is -4.52. The van der Waals surface area contributed by atoms with Crippen LogP contribution in [0, 0.1) is 0 Å². The van der Waals surface area contributed by atoms with Crippen molar-refractivity contribution in [2.24, 2.45) is 0 Å². The average molecular weight is 599 g/mol. The third kappa shape index (κ3) is 8.35. The monoisotopic (exact) mass is 598 g/mol.